The molecule has 3 amide bonds. The molecule has 7 heteroatoms. The van der Waals surface area contributed by atoms with Crippen molar-refractivity contribution in [2.45, 2.75) is 38.6 Å². The van der Waals surface area contributed by atoms with Crippen LogP contribution in [0.3, 0.4) is 0 Å². The minimum Gasteiger partial charge on any atom is -0.353 e. The standard InChI is InChI=1S/C23H22F2N2O3/c1-13(27-20(29)15-6-4-5-7-16(15)21(27)30)19(28)26-12-23(11-22(23,2)3)17-9-8-14(24)10-18(17)25/h4-10,13H,11-12H2,1-3H3,(H,26,28). The average molecular weight is 412 g/mol. The summed E-state index contributed by atoms with van der Waals surface area (Å²) in [4.78, 5) is 39.0. The first kappa shape index (κ1) is 20.2. The molecule has 156 valence electrons. The van der Waals surface area contributed by atoms with E-state index in [0.717, 1.165) is 11.0 Å². The molecule has 2 atom stereocenters. The smallest absolute Gasteiger partial charge is 0.262 e. The first-order chi connectivity index (χ1) is 14.1. The molecule has 1 fully saturated rings. The summed E-state index contributed by atoms with van der Waals surface area (Å²) in [5.41, 5.74) is -0.0758. The van der Waals surface area contributed by atoms with E-state index in [1.807, 2.05) is 13.8 Å². The third kappa shape index (κ3) is 2.91. The van der Waals surface area contributed by atoms with E-state index in [1.165, 1.54) is 19.1 Å². The third-order valence-electron chi connectivity index (χ3n) is 6.52. The predicted molar refractivity (Wildman–Crippen MR) is 106 cm³/mol. The number of amides is 3. The fourth-order valence-corrected chi connectivity index (χ4v) is 4.51. The molecule has 2 aliphatic rings. The number of carbonyl (C=O) groups excluding carboxylic acids is 3. The monoisotopic (exact) mass is 412 g/mol. The molecule has 2 aromatic rings. The van der Waals surface area contributed by atoms with E-state index < -0.39 is 40.8 Å². The van der Waals surface area contributed by atoms with Crippen LogP contribution in [0.15, 0.2) is 42.5 Å². The highest BCUT2D eigenvalue weighted by molar-refractivity contribution is 6.22. The van der Waals surface area contributed by atoms with Crippen molar-refractivity contribution >= 4 is 17.7 Å². The van der Waals surface area contributed by atoms with Crippen molar-refractivity contribution in [3.8, 4) is 0 Å². The summed E-state index contributed by atoms with van der Waals surface area (Å²) in [6.45, 7) is 5.51. The molecule has 1 aliphatic heterocycles. The molecule has 0 aromatic heterocycles. The van der Waals surface area contributed by atoms with Gasteiger partial charge in [-0.25, -0.2) is 8.78 Å². The van der Waals surface area contributed by atoms with E-state index in [1.54, 1.807) is 24.3 Å². The summed E-state index contributed by atoms with van der Waals surface area (Å²) >= 11 is 0. The minimum atomic E-state index is -1.02. The zero-order valence-electron chi connectivity index (χ0n) is 17.0. The van der Waals surface area contributed by atoms with Crippen molar-refractivity contribution in [3.05, 3.63) is 70.8 Å². The van der Waals surface area contributed by atoms with Crippen LogP contribution in [0.2, 0.25) is 0 Å². The minimum absolute atomic E-state index is 0.120. The lowest BCUT2D eigenvalue weighted by Gasteiger charge is -2.26. The maximum Gasteiger partial charge on any atom is 0.262 e. The van der Waals surface area contributed by atoms with Gasteiger partial charge in [-0.3, -0.25) is 19.3 Å². The van der Waals surface area contributed by atoms with Gasteiger partial charge < -0.3 is 5.32 Å². The van der Waals surface area contributed by atoms with Gasteiger partial charge in [-0.15, -0.1) is 0 Å². The third-order valence-corrected chi connectivity index (χ3v) is 6.52. The first-order valence-corrected chi connectivity index (χ1v) is 9.79. The SMILES string of the molecule is CC(C(=O)NCC1(c2ccc(F)cc2F)CC1(C)C)N1C(=O)c2ccccc2C1=O. The molecule has 0 saturated heterocycles. The Hall–Kier alpha value is -3.09. The Morgan fingerprint density at radius 3 is 2.17 bits per heavy atom. The van der Waals surface area contributed by atoms with E-state index >= 15 is 0 Å². The molecule has 0 radical (unpaired) electrons. The van der Waals surface area contributed by atoms with Gasteiger partial charge in [-0.2, -0.15) is 0 Å². The van der Waals surface area contributed by atoms with E-state index in [-0.39, 0.29) is 23.1 Å². The fraction of sp³-hybridized carbons (Fsp3) is 0.348. The zero-order chi connectivity index (χ0) is 21.8. The highest BCUT2D eigenvalue weighted by Crippen LogP contribution is 2.64. The number of halogens is 2. The molecule has 4 rings (SSSR count). The van der Waals surface area contributed by atoms with Crippen molar-refractivity contribution in [2.24, 2.45) is 5.41 Å². The van der Waals surface area contributed by atoms with E-state index in [4.69, 9.17) is 0 Å². The molecule has 2 unspecified atom stereocenters. The Balaban J connectivity index is 1.52. The molecule has 30 heavy (non-hydrogen) atoms. The van der Waals surface area contributed by atoms with Gasteiger partial charge in [0.15, 0.2) is 0 Å². The Bertz CT molecular complexity index is 1050. The normalized spacial score (nSPS) is 22.6. The topological polar surface area (TPSA) is 66.5 Å². The number of carbonyl (C=O) groups is 3. The van der Waals surface area contributed by atoms with Gasteiger partial charge in [-0.05, 0) is 42.5 Å². The maximum absolute atomic E-state index is 14.5. The van der Waals surface area contributed by atoms with Gasteiger partial charge in [0.25, 0.3) is 11.8 Å². The second-order valence-corrected chi connectivity index (χ2v) is 8.69. The lowest BCUT2D eigenvalue weighted by atomic mass is 9.87. The molecule has 1 N–H and O–H groups in total. The Labute approximate surface area is 173 Å². The molecule has 0 bridgehead atoms. The summed E-state index contributed by atoms with van der Waals surface area (Å²) in [5.74, 6) is -2.83. The Morgan fingerprint density at radius 1 is 1.10 bits per heavy atom. The summed E-state index contributed by atoms with van der Waals surface area (Å²) < 4.78 is 27.8. The molecule has 5 nitrogen and oxygen atoms in total. The van der Waals surface area contributed by atoms with Crippen molar-refractivity contribution in [3.63, 3.8) is 0 Å². The molecule has 1 aliphatic carbocycles. The molecular weight excluding hydrogens is 390 g/mol. The second-order valence-electron chi connectivity index (χ2n) is 8.69. The maximum atomic E-state index is 14.5. The highest BCUT2D eigenvalue weighted by atomic mass is 19.1. The molecular formula is C23H22F2N2O3. The van der Waals surface area contributed by atoms with Gasteiger partial charge in [0.2, 0.25) is 5.91 Å². The van der Waals surface area contributed by atoms with Crippen LogP contribution in [0.1, 0.15) is 53.5 Å². The lowest BCUT2D eigenvalue weighted by Crippen LogP contribution is -2.49. The van der Waals surface area contributed by atoms with Gasteiger partial charge in [0.1, 0.15) is 17.7 Å². The molecule has 2 aromatic carbocycles. The predicted octanol–water partition coefficient (Wildman–Crippen LogP) is 3.43. The van der Waals surface area contributed by atoms with Crippen LogP contribution in [0.25, 0.3) is 0 Å². The molecule has 0 spiro atoms. The summed E-state index contributed by atoms with van der Waals surface area (Å²) in [6.07, 6.45) is 0.615. The number of nitrogens with zero attached hydrogens (tertiary/aromatic N) is 1. The van der Waals surface area contributed by atoms with Crippen LogP contribution >= 0.6 is 0 Å². The van der Waals surface area contributed by atoms with Gasteiger partial charge >= 0.3 is 0 Å². The Kier molecular flexibility index (Phi) is 4.52. The number of fused-ring (bicyclic) bond motifs is 1. The van der Waals surface area contributed by atoms with Crippen molar-refractivity contribution < 1.29 is 23.2 Å². The summed E-state index contributed by atoms with van der Waals surface area (Å²) in [7, 11) is 0. The quantitative estimate of drug-likeness (QED) is 0.766. The molecule has 1 saturated carbocycles. The van der Waals surface area contributed by atoms with Crippen LogP contribution in [0.4, 0.5) is 8.78 Å². The van der Waals surface area contributed by atoms with Crippen LogP contribution in [-0.2, 0) is 10.2 Å². The van der Waals surface area contributed by atoms with Crippen molar-refractivity contribution in [1.29, 1.82) is 0 Å². The highest BCUT2D eigenvalue weighted by Gasteiger charge is 2.63. The van der Waals surface area contributed by atoms with E-state index in [2.05, 4.69) is 5.32 Å². The fourth-order valence-electron chi connectivity index (χ4n) is 4.51. The number of imide groups is 1. The summed E-state index contributed by atoms with van der Waals surface area (Å²) in [5, 5.41) is 2.78. The number of hydrogen-bond donors (Lipinski definition) is 1. The number of rotatable bonds is 5. The van der Waals surface area contributed by atoms with Crippen molar-refractivity contribution in [2.75, 3.05) is 6.54 Å². The lowest BCUT2D eigenvalue weighted by molar-refractivity contribution is -0.124. The van der Waals surface area contributed by atoms with Gasteiger partial charge in [0, 0.05) is 18.0 Å². The number of benzene rings is 2. The number of nitrogens with one attached hydrogen (secondary N) is 1. The van der Waals surface area contributed by atoms with Gasteiger partial charge in [0.05, 0.1) is 11.1 Å². The molecule has 1 heterocycles. The summed E-state index contributed by atoms with van der Waals surface area (Å²) in [6, 6.07) is 8.88. The second kappa shape index (κ2) is 6.72. The first-order valence-electron chi connectivity index (χ1n) is 9.79. The van der Waals surface area contributed by atoms with Crippen molar-refractivity contribution in [1.82, 2.24) is 10.2 Å². The van der Waals surface area contributed by atoms with Crippen LogP contribution in [-0.4, -0.2) is 35.2 Å². The van der Waals surface area contributed by atoms with E-state index in [9.17, 15) is 23.2 Å². The average Bonchev–Trinajstić information content (AvgIpc) is 3.16. The van der Waals surface area contributed by atoms with Gasteiger partial charge in [-0.1, -0.05) is 32.0 Å². The van der Waals surface area contributed by atoms with E-state index in [0.29, 0.717) is 12.0 Å². The van der Waals surface area contributed by atoms with Crippen LogP contribution in [0, 0.1) is 17.0 Å². The van der Waals surface area contributed by atoms with Crippen LogP contribution < -0.4 is 5.32 Å². The number of hydrogen-bond acceptors (Lipinski definition) is 3. The Morgan fingerprint density at radius 2 is 1.67 bits per heavy atom. The largest absolute Gasteiger partial charge is 0.353 e. The van der Waals surface area contributed by atoms with Crippen LogP contribution in [0.5, 0.6) is 0 Å². The zero-order valence-corrected chi connectivity index (χ0v) is 17.0.